The second-order valence-corrected chi connectivity index (χ2v) is 3.43. The molecule has 1 atom stereocenters. The molecule has 0 fully saturated rings. The molecule has 0 aromatic carbocycles. The molecule has 12 heavy (non-hydrogen) atoms. The largest absolute Gasteiger partial charge is 0.396 e. The summed E-state index contributed by atoms with van der Waals surface area (Å²) in [5.41, 5.74) is 0. The van der Waals surface area contributed by atoms with Crippen LogP contribution in [0, 0.1) is 5.92 Å². The predicted octanol–water partition coefficient (Wildman–Crippen LogP) is 1.31. The van der Waals surface area contributed by atoms with E-state index in [1.807, 2.05) is 0 Å². The van der Waals surface area contributed by atoms with Gasteiger partial charge in [-0.15, -0.1) is 0 Å². The van der Waals surface area contributed by atoms with E-state index in [0.29, 0.717) is 6.61 Å². The van der Waals surface area contributed by atoms with Crippen molar-refractivity contribution < 1.29 is 5.11 Å². The van der Waals surface area contributed by atoms with Crippen LogP contribution < -0.4 is 5.32 Å². The van der Waals surface area contributed by atoms with Gasteiger partial charge in [-0.25, -0.2) is 0 Å². The Morgan fingerprint density at radius 2 is 2.33 bits per heavy atom. The zero-order valence-electron chi connectivity index (χ0n) is 7.63. The summed E-state index contributed by atoms with van der Waals surface area (Å²) in [6, 6.07) is 0. The van der Waals surface area contributed by atoms with Gasteiger partial charge in [0.15, 0.2) is 0 Å². The lowest BCUT2D eigenvalue weighted by molar-refractivity contribution is 0.284. The summed E-state index contributed by atoms with van der Waals surface area (Å²) in [6.45, 7) is 2.37. The van der Waals surface area contributed by atoms with Crippen LogP contribution in [0.1, 0.15) is 25.7 Å². The van der Waals surface area contributed by atoms with Crippen LogP contribution in [0.15, 0.2) is 12.2 Å². The van der Waals surface area contributed by atoms with Gasteiger partial charge in [-0.3, -0.25) is 0 Å². The fraction of sp³-hybridized carbons (Fsp3) is 0.800. The molecule has 0 spiro atoms. The Labute approximate surface area is 74.7 Å². The molecular formula is C10H19NO. The normalized spacial score (nSPS) is 22.9. The van der Waals surface area contributed by atoms with Gasteiger partial charge in [0.25, 0.3) is 0 Å². The number of hydrogen-bond acceptors (Lipinski definition) is 2. The lowest BCUT2D eigenvalue weighted by Crippen LogP contribution is -2.24. The molecule has 2 heteroatoms. The molecule has 0 saturated heterocycles. The van der Waals surface area contributed by atoms with Crippen molar-refractivity contribution in [2.24, 2.45) is 5.92 Å². The van der Waals surface area contributed by atoms with Crippen molar-refractivity contribution in [3.05, 3.63) is 12.2 Å². The van der Waals surface area contributed by atoms with Gasteiger partial charge < -0.3 is 10.4 Å². The Morgan fingerprint density at radius 3 is 3.00 bits per heavy atom. The maximum absolute atomic E-state index is 8.55. The SMILES string of the molecule is OCCCNCC1CC=CCC1. The second-order valence-electron chi connectivity index (χ2n) is 3.43. The van der Waals surface area contributed by atoms with Gasteiger partial charge in [-0.1, -0.05) is 12.2 Å². The van der Waals surface area contributed by atoms with E-state index in [9.17, 15) is 0 Å². The quantitative estimate of drug-likeness (QED) is 0.480. The standard InChI is InChI=1S/C10H19NO/c12-8-4-7-11-9-10-5-2-1-3-6-10/h1-2,10-12H,3-9H2. The van der Waals surface area contributed by atoms with Crippen LogP contribution in [0.4, 0.5) is 0 Å². The van der Waals surface area contributed by atoms with E-state index in [1.54, 1.807) is 0 Å². The third-order valence-corrected chi connectivity index (χ3v) is 2.32. The van der Waals surface area contributed by atoms with Crippen LogP contribution in [0.3, 0.4) is 0 Å². The van der Waals surface area contributed by atoms with E-state index in [1.165, 1.54) is 19.3 Å². The predicted molar refractivity (Wildman–Crippen MR) is 51.1 cm³/mol. The average Bonchev–Trinajstić information content (AvgIpc) is 2.14. The summed E-state index contributed by atoms with van der Waals surface area (Å²) in [5, 5.41) is 11.9. The third kappa shape index (κ3) is 3.88. The Morgan fingerprint density at radius 1 is 1.42 bits per heavy atom. The van der Waals surface area contributed by atoms with Gasteiger partial charge in [-0.05, 0) is 44.7 Å². The number of allylic oxidation sites excluding steroid dienone is 2. The first kappa shape index (κ1) is 9.75. The molecule has 0 aromatic rings. The number of aliphatic hydroxyl groups is 1. The molecule has 0 bridgehead atoms. The summed E-state index contributed by atoms with van der Waals surface area (Å²) in [4.78, 5) is 0. The van der Waals surface area contributed by atoms with Crippen LogP contribution in [-0.4, -0.2) is 24.8 Å². The number of rotatable bonds is 5. The summed E-state index contributed by atoms with van der Waals surface area (Å²) >= 11 is 0. The molecule has 0 saturated carbocycles. The van der Waals surface area contributed by atoms with Crippen molar-refractivity contribution >= 4 is 0 Å². The smallest absolute Gasteiger partial charge is 0.0443 e. The Bertz CT molecular complexity index is 134. The molecule has 0 aromatic heterocycles. The van der Waals surface area contributed by atoms with Crippen LogP contribution in [0.2, 0.25) is 0 Å². The fourth-order valence-corrected chi connectivity index (χ4v) is 1.55. The molecule has 0 radical (unpaired) electrons. The van der Waals surface area contributed by atoms with E-state index in [0.717, 1.165) is 25.4 Å². The molecule has 0 amide bonds. The molecule has 1 aliphatic rings. The van der Waals surface area contributed by atoms with E-state index in [-0.39, 0.29) is 0 Å². The van der Waals surface area contributed by atoms with Crippen molar-refractivity contribution in [1.29, 1.82) is 0 Å². The van der Waals surface area contributed by atoms with Gasteiger partial charge in [0.2, 0.25) is 0 Å². The summed E-state index contributed by atoms with van der Waals surface area (Å²) in [7, 11) is 0. The minimum Gasteiger partial charge on any atom is -0.396 e. The average molecular weight is 169 g/mol. The second kappa shape index (κ2) is 6.21. The number of hydrogen-bond donors (Lipinski definition) is 2. The Balaban J connectivity index is 1.95. The summed E-state index contributed by atoms with van der Waals surface area (Å²) < 4.78 is 0. The van der Waals surface area contributed by atoms with E-state index in [2.05, 4.69) is 17.5 Å². The minimum atomic E-state index is 0.303. The maximum atomic E-state index is 8.55. The maximum Gasteiger partial charge on any atom is 0.0443 e. The number of nitrogens with one attached hydrogen (secondary N) is 1. The van der Waals surface area contributed by atoms with Gasteiger partial charge >= 0.3 is 0 Å². The first-order valence-electron chi connectivity index (χ1n) is 4.90. The van der Waals surface area contributed by atoms with Crippen molar-refractivity contribution in [1.82, 2.24) is 5.32 Å². The fourth-order valence-electron chi connectivity index (χ4n) is 1.55. The Hall–Kier alpha value is -0.340. The van der Waals surface area contributed by atoms with Crippen LogP contribution in [0.5, 0.6) is 0 Å². The van der Waals surface area contributed by atoms with Gasteiger partial charge in [0.05, 0.1) is 0 Å². The van der Waals surface area contributed by atoms with Crippen molar-refractivity contribution in [2.45, 2.75) is 25.7 Å². The van der Waals surface area contributed by atoms with E-state index < -0.39 is 0 Å². The monoisotopic (exact) mass is 169 g/mol. The molecule has 1 unspecified atom stereocenters. The highest BCUT2D eigenvalue weighted by Crippen LogP contribution is 2.16. The molecule has 70 valence electrons. The van der Waals surface area contributed by atoms with E-state index >= 15 is 0 Å². The zero-order valence-corrected chi connectivity index (χ0v) is 7.63. The number of aliphatic hydroxyl groups excluding tert-OH is 1. The highest BCUT2D eigenvalue weighted by atomic mass is 16.3. The van der Waals surface area contributed by atoms with Crippen molar-refractivity contribution in [3.8, 4) is 0 Å². The first-order chi connectivity index (χ1) is 5.93. The molecule has 0 heterocycles. The highest BCUT2D eigenvalue weighted by molar-refractivity contribution is 4.90. The van der Waals surface area contributed by atoms with Gasteiger partial charge in [0, 0.05) is 6.61 Å². The molecule has 1 rings (SSSR count). The highest BCUT2D eigenvalue weighted by Gasteiger charge is 2.07. The topological polar surface area (TPSA) is 32.3 Å². The minimum absolute atomic E-state index is 0.303. The third-order valence-electron chi connectivity index (χ3n) is 2.32. The zero-order chi connectivity index (χ0) is 8.65. The van der Waals surface area contributed by atoms with Crippen molar-refractivity contribution in [2.75, 3.05) is 19.7 Å². The molecule has 2 N–H and O–H groups in total. The van der Waals surface area contributed by atoms with Gasteiger partial charge in [-0.2, -0.15) is 0 Å². The first-order valence-corrected chi connectivity index (χ1v) is 4.90. The molecule has 2 nitrogen and oxygen atoms in total. The van der Waals surface area contributed by atoms with Crippen LogP contribution >= 0.6 is 0 Å². The molecule has 0 aliphatic heterocycles. The summed E-state index contributed by atoms with van der Waals surface area (Å²) in [6.07, 6.45) is 9.22. The lowest BCUT2D eigenvalue weighted by Gasteiger charge is -2.17. The molecule has 1 aliphatic carbocycles. The van der Waals surface area contributed by atoms with Crippen LogP contribution in [-0.2, 0) is 0 Å². The van der Waals surface area contributed by atoms with E-state index in [4.69, 9.17) is 5.11 Å². The van der Waals surface area contributed by atoms with Crippen LogP contribution in [0.25, 0.3) is 0 Å². The molecular weight excluding hydrogens is 150 g/mol. The van der Waals surface area contributed by atoms with Gasteiger partial charge in [0.1, 0.15) is 0 Å². The Kier molecular flexibility index (Phi) is 5.04. The van der Waals surface area contributed by atoms with Crippen molar-refractivity contribution in [3.63, 3.8) is 0 Å². The lowest BCUT2D eigenvalue weighted by atomic mass is 9.94. The summed E-state index contributed by atoms with van der Waals surface area (Å²) in [5.74, 6) is 0.827.